The number of carboxylic acid groups (broad SMARTS) is 1. The first kappa shape index (κ1) is 14.1. The number of nitrogens with one attached hydrogen (secondary N) is 1. The Kier molecular flexibility index (Phi) is 3.47. The monoisotopic (exact) mass is 287 g/mol. The second kappa shape index (κ2) is 5.17. The molecular weight excluding hydrogens is 266 g/mol. The highest BCUT2D eigenvalue weighted by Crippen LogP contribution is 2.44. The number of aliphatic carboxylic acids is 1. The summed E-state index contributed by atoms with van der Waals surface area (Å²) in [6.45, 7) is 2.01. The molecule has 0 saturated heterocycles. The molecule has 0 aromatic heterocycles. The van der Waals surface area contributed by atoms with Gasteiger partial charge in [-0.05, 0) is 44.1 Å². The minimum absolute atomic E-state index is 0.112. The number of aryl methyl sites for hydroxylation is 1. The quantitative estimate of drug-likeness (QED) is 0.874. The lowest BCUT2D eigenvalue weighted by Gasteiger charge is -2.41. The van der Waals surface area contributed by atoms with Crippen LogP contribution in [0.3, 0.4) is 0 Å². The van der Waals surface area contributed by atoms with Crippen LogP contribution < -0.4 is 5.32 Å². The van der Waals surface area contributed by atoms with E-state index in [0.29, 0.717) is 0 Å². The number of rotatable bonds is 5. The van der Waals surface area contributed by atoms with Crippen LogP contribution in [0.4, 0.5) is 0 Å². The largest absolute Gasteiger partial charge is 0.480 e. The number of carboxylic acids is 1. The van der Waals surface area contributed by atoms with Crippen LogP contribution in [0.5, 0.6) is 0 Å². The minimum atomic E-state index is -0.912. The molecule has 4 nitrogen and oxygen atoms in total. The zero-order valence-electron chi connectivity index (χ0n) is 12.3. The molecule has 2 aliphatic carbocycles. The van der Waals surface area contributed by atoms with Crippen LogP contribution in [0.25, 0.3) is 0 Å². The van der Waals surface area contributed by atoms with Crippen molar-refractivity contribution in [2.45, 2.75) is 50.5 Å². The molecule has 2 fully saturated rings. The van der Waals surface area contributed by atoms with Crippen molar-refractivity contribution < 1.29 is 14.7 Å². The van der Waals surface area contributed by atoms with E-state index < -0.39 is 17.4 Å². The van der Waals surface area contributed by atoms with Gasteiger partial charge in [-0.3, -0.25) is 4.79 Å². The van der Waals surface area contributed by atoms with E-state index in [1.54, 1.807) is 0 Å². The lowest BCUT2D eigenvalue weighted by Crippen LogP contribution is -2.54. The van der Waals surface area contributed by atoms with Gasteiger partial charge in [0.2, 0.25) is 5.91 Å². The highest BCUT2D eigenvalue weighted by Gasteiger charge is 2.48. The zero-order valence-corrected chi connectivity index (χ0v) is 12.3. The molecule has 0 spiro atoms. The molecule has 3 rings (SSSR count). The molecule has 0 aliphatic heterocycles. The Bertz CT molecular complexity index is 573. The van der Waals surface area contributed by atoms with E-state index in [4.69, 9.17) is 0 Å². The van der Waals surface area contributed by atoms with Crippen molar-refractivity contribution in [1.29, 1.82) is 0 Å². The van der Waals surface area contributed by atoms with Gasteiger partial charge in [0.25, 0.3) is 0 Å². The van der Waals surface area contributed by atoms with E-state index in [0.717, 1.165) is 43.2 Å². The molecule has 1 amide bonds. The standard InChI is InChI=1S/C17H21NO3/c1-11-4-2-5-13(10-11)17(8-3-9-17)16(21)18-14(15(19)20)12-6-7-12/h2,4-5,10,12,14H,3,6-9H2,1H3,(H,18,21)(H,19,20). The number of hydrogen-bond acceptors (Lipinski definition) is 2. The predicted octanol–water partition coefficient (Wildman–Crippen LogP) is 2.40. The van der Waals surface area contributed by atoms with E-state index in [1.165, 1.54) is 0 Å². The molecule has 1 unspecified atom stereocenters. The van der Waals surface area contributed by atoms with E-state index in [1.807, 2.05) is 31.2 Å². The maximum Gasteiger partial charge on any atom is 0.326 e. The first-order valence-corrected chi connectivity index (χ1v) is 7.64. The topological polar surface area (TPSA) is 66.4 Å². The molecule has 2 N–H and O–H groups in total. The van der Waals surface area contributed by atoms with Gasteiger partial charge in [-0.2, -0.15) is 0 Å². The van der Waals surface area contributed by atoms with Crippen molar-refractivity contribution in [3.05, 3.63) is 35.4 Å². The fourth-order valence-corrected chi connectivity index (χ4v) is 3.21. The van der Waals surface area contributed by atoms with Crippen LogP contribution in [0.15, 0.2) is 24.3 Å². The van der Waals surface area contributed by atoms with Crippen LogP contribution in [0.1, 0.15) is 43.2 Å². The fourth-order valence-electron chi connectivity index (χ4n) is 3.21. The summed E-state index contributed by atoms with van der Waals surface area (Å²) < 4.78 is 0. The van der Waals surface area contributed by atoms with Crippen molar-refractivity contribution in [2.24, 2.45) is 5.92 Å². The highest BCUT2D eigenvalue weighted by atomic mass is 16.4. The summed E-state index contributed by atoms with van der Waals surface area (Å²) in [6, 6.07) is 7.29. The molecule has 1 aromatic rings. The number of amides is 1. The van der Waals surface area contributed by atoms with Gasteiger partial charge in [-0.15, -0.1) is 0 Å². The SMILES string of the molecule is Cc1cccc(C2(C(=O)NC(C(=O)O)C3CC3)CCC2)c1. The Morgan fingerprint density at radius 1 is 1.33 bits per heavy atom. The van der Waals surface area contributed by atoms with Gasteiger partial charge in [-0.25, -0.2) is 4.79 Å². The van der Waals surface area contributed by atoms with Crippen molar-refractivity contribution >= 4 is 11.9 Å². The van der Waals surface area contributed by atoms with Gasteiger partial charge in [0.1, 0.15) is 6.04 Å². The van der Waals surface area contributed by atoms with Gasteiger partial charge >= 0.3 is 5.97 Å². The van der Waals surface area contributed by atoms with Crippen LogP contribution in [-0.4, -0.2) is 23.0 Å². The highest BCUT2D eigenvalue weighted by molar-refractivity contribution is 5.92. The Labute approximate surface area is 124 Å². The third kappa shape index (κ3) is 2.55. The Morgan fingerprint density at radius 2 is 2.05 bits per heavy atom. The van der Waals surface area contributed by atoms with E-state index in [-0.39, 0.29) is 11.8 Å². The number of carbonyl (C=O) groups is 2. The third-order valence-corrected chi connectivity index (χ3v) is 4.86. The molecule has 2 saturated carbocycles. The zero-order chi connectivity index (χ0) is 15.0. The summed E-state index contributed by atoms with van der Waals surface area (Å²) in [5.74, 6) is -0.913. The van der Waals surface area contributed by atoms with Gasteiger partial charge < -0.3 is 10.4 Å². The van der Waals surface area contributed by atoms with Gasteiger partial charge in [0, 0.05) is 0 Å². The van der Waals surface area contributed by atoms with Crippen molar-refractivity contribution in [2.75, 3.05) is 0 Å². The number of carbonyl (C=O) groups excluding carboxylic acids is 1. The molecule has 21 heavy (non-hydrogen) atoms. The minimum Gasteiger partial charge on any atom is -0.480 e. The summed E-state index contributed by atoms with van der Waals surface area (Å²) >= 11 is 0. The number of benzene rings is 1. The van der Waals surface area contributed by atoms with Gasteiger partial charge in [-0.1, -0.05) is 36.2 Å². The van der Waals surface area contributed by atoms with Gasteiger partial charge in [0.05, 0.1) is 5.41 Å². The maximum atomic E-state index is 12.7. The summed E-state index contributed by atoms with van der Waals surface area (Å²) in [5.41, 5.74) is 1.63. The normalized spacial score (nSPS) is 21.2. The summed E-state index contributed by atoms with van der Waals surface area (Å²) in [5, 5.41) is 12.1. The smallest absolute Gasteiger partial charge is 0.326 e. The van der Waals surface area contributed by atoms with E-state index in [9.17, 15) is 14.7 Å². The Balaban J connectivity index is 1.82. The van der Waals surface area contributed by atoms with Crippen molar-refractivity contribution in [3.63, 3.8) is 0 Å². The van der Waals surface area contributed by atoms with Crippen LogP contribution >= 0.6 is 0 Å². The molecule has 0 radical (unpaired) electrons. The van der Waals surface area contributed by atoms with Crippen LogP contribution in [0, 0.1) is 12.8 Å². The summed E-state index contributed by atoms with van der Waals surface area (Å²) in [4.78, 5) is 24.1. The lowest BCUT2D eigenvalue weighted by atomic mass is 9.63. The van der Waals surface area contributed by atoms with E-state index >= 15 is 0 Å². The first-order chi connectivity index (χ1) is 10.0. The molecule has 1 atom stereocenters. The number of hydrogen-bond donors (Lipinski definition) is 2. The Morgan fingerprint density at radius 3 is 2.52 bits per heavy atom. The fraction of sp³-hybridized carbons (Fsp3) is 0.529. The summed E-state index contributed by atoms with van der Waals surface area (Å²) in [6.07, 6.45) is 4.42. The maximum absolute atomic E-state index is 12.7. The summed E-state index contributed by atoms with van der Waals surface area (Å²) in [7, 11) is 0. The second-order valence-corrected chi connectivity index (χ2v) is 6.43. The predicted molar refractivity (Wildman–Crippen MR) is 79.0 cm³/mol. The van der Waals surface area contributed by atoms with Crippen molar-refractivity contribution in [3.8, 4) is 0 Å². The molecular formula is C17H21NO3. The molecule has 0 heterocycles. The second-order valence-electron chi connectivity index (χ2n) is 6.43. The average Bonchev–Trinajstić information content (AvgIpc) is 3.18. The molecule has 4 heteroatoms. The Hall–Kier alpha value is -1.84. The van der Waals surface area contributed by atoms with Crippen LogP contribution in [-0.2, 0) is 15.0 Å². The van der Waals surface area contributed by atoms with Crippen LogP contribution in [0.2, 0.25) is 0 Å². The van der Waals surface area contributed by atoms with Crippen molar-refractivity contribution in [1.82, 2.24) is 5.32 Å². The lowest BCUT2D eigenvalue weighted by molar-refractivity contribution is -0.144. The molecule has 2 aliphatic rings. The van der Waals surface area contributed by atoms with E-state index in [2.05, 4.69) is 5.32 Å². The van der Waals surface area contributed by atoms with Gasteiger partial charge in [0.15, 0.2) is 0 Å². The first-order valence-electron chi connectivity index (χ1n) is 7.64. The average molecular weight is 287 g/mol. The molecule has 112 valence electrons. The third-order valence-electron chi connectivity index (χ3n) is 4.86. The molecule has 1 aromatic carbocycles. The molecule has 0 bridgehead atoms.